The van der Waals surface area contributed by atoms with Crippen LogP contribution in [0.15, 0.2) is 16.7 Å². The number of thiazole rings is 1. The normalized spacial score (nSPS) is 11.8. The van der Waals surface area contributed by atoms with Crippen molar-refractivity contribution in [2.24, 2.45) is 0 Å². The van der Waals surface area contributed by atoms with Gasteiger partial charge in [-0.1, -0.05) is 11.3 Å². The Morgan fingerprint density at radius 2 is 2.11 bits per heavy atom. The fourth-order valence-electron chi connectivity index (χ4n) is 1.42. The van der Waals surface area contributed by atoms with E-state index in [9.17, 15) is 4.79 Å². The maximum Gasteiger partial charge on any atom is 0.313 e. The van der Waals surface area contributed by atoms with Crippen LogP contribution >= 0.6 is 27.3 Å². The average molecular weight is 329 g/mol. The zero-order valence-corrected chi connectivity index (χ0v) is 12.8. The minimum Gasteiger partial charge on any atom is -0.460 e. The smallest absolute Gasteiger partial charge is 0.313 e. The van der Waals surface area contributed by atoms with Crippen LogP contribution in [0, 0.1) is 0 Å². The Balaban J connectivity index is 2.15. The van der Waals surface area contributed by atoms with Gasteiger partial charge in [0.1, 0.15) is 25.6 Å². The van der Waals surface area contributed by atoms with Crippen molar-refractivity contribution in [3.63, 3.8) is 0 Å². The number of esters is 1. The van der Waals surface area contributed by atoms with E-state index in [-0.39, 0.29) is 12.4 Å². The fourth-order valence-corrected chi connectivity index (χ4v) is 2.76. The number of fused-ring (bicyclic) bond motifs is 1. The van der Waals surface area contributed by atoms with Gasteiger partial charge in [-0.25, -0.2) is 9.97 Å². The molecule has 0 bridgehead atoms. The van der Waals surface area contributed by atoms with Gasteiger partial charge in [-0.2, -0.15) is 0 Å². The second kappa shape index (κ2) is 4.93. The Hall–Kier alpha value is -1.01. The minimum atomic E-state index is -0.463. The summed E-state index contributed by atoms with van der Waals surface area (Å²) in [6.45, 7) is 5.55. The van der Waals surface area contributed by atoms with Gasteiger partial charge in [0.25, 0.3) is 0 Å². The van der Waals surface area contributed by atoms with Crippen LogP contribution in [-0.4, -0.2) is 21.5 Å². The topological polar surface area (TPSA) is 52.1 Å². The van der Waals surface area contributed by atoms with Gasteiger partial charge in [0.05, 0.1) is 6.42 Å². The van der Waals surface area contributed by atoms with Crippen LogP contribution in [0.5, 0.6) is 0 Å². The van der Waals surface area contributed by atoms with Crippen LogP contribution in [0.4, 0.5) is 0 Å². The molecule has 0 aromatic carbocycles. The molecule has 0 N–H and O–H groups in total. The number of carbonyl (C=O) groups is 1. The lowest BCUT2D eigenvalue weighted by molar-refractivity contribution is -0.153. The lowest BCUT2D eigenvalue weighted by atomic mass is 10.2. The summed E-state index contributed by atoms with van der Waals surface area (Å²) in [7, 11) is 0. The van der Waals surface area contributed by atoms with Gasteiger partial charge in [-0.3, -0.25) is 4.79 Å². The molecular formula is C12H13BrN2O2S. The van der Waals surface area contributed by atoms with Crippen LogP contribution in [0.3, 0.4) is 0 Å². The number of hydrogen-bond acceptors (Lipinski definition) is 5. The molecule has 0 atom stereocenters. The minimum absolute atomic E-state index is 0.190. The fraction of sp³-hybridized carbons (Fsp3) is 0.417. The van der Waals surface area contributed by atoms with Gasteiger partial charge in [0, 0.05) is 0 Å². The predicted molar refractivity (Wildman–Crippen MR) is 74.7 cm³/mol. The number of carbonyl (C=O) groups excluding carboxylic acids is 1. The molecule has 0 fully saturated rings. The molecule has 2 rings (SSSR count). The summed E-state index contributed by atoms with van der Waals surface area (Å²) in [5, 5.41) is 0.727. The first kappa shape index (κ1) is 13.4. The van der Waals surface area contributed by atoms with Gasteiger partial charge in [-0.15, -0.1) is 0 Å². The van der Waals surface area contributed by atoms with Crippen molar-refractivity contribution in [1.82, 2.24) is 9.97 Å². The first-order valence-electron chi connectivity index (χ1n) is 5.47. The second-order valence-corrected chi connectivity index (χ2v) is 6.70. The van der Waals surface area contributed by atoms with Crippen molar-refractivity contribution in [2.45, 2.75) is 32.8 Å². The van der Waals surface area contributed by atoms with Crippen molar-refractivity contribution < 1.29 is 9.53 Å². The molecule has 18 heavy (non-hydrogen) atoms. The number of rotatable bonds is 2. The highest BCUT2D eigenvalue weighted by molar-refractivity contribution is 9.10. The molecule has 0 aliphatic carbocycles. The molecule has 2 aromatic rings. The number of pyridine rings is 1. The Bertz CT molecular complexity index is 589. The standard InChI is InChI=1S/C12H13BrN2O2S/c1-12(2,3)17-10(16)6-9-14-7-4-5-8(13)15-11(7)18-9/h4-5H,6H2,1-3H3. The largest absolute Gasteiger partial charge is 0.460 e. The predicted octanol–water partition coefficient (Wildman–Crippen LogP) is 3.34. The maximum absolute atomic E-state index is 11.7. The van der Waals surface area contributed by atoms with Crippen molar-refractivity contribution in [1.29, 1.82) is 0 Å². The molecular weight excluding hydrogens is 316 g/mol. The lowest BCUT2D eigenvalue weighted by Gasteiger charge is -2.18. The van der Waals surface area contributed by atoms with Crippen LogP contribution in [0.2, 0.25) is 0 Å². The number of hydrogen-bond donors (Lipinski definition) is 0. The van der Waals surface area contributed by atoms with Crippen molar-refractivity contribution in [2.75, 3.05) is 0 Å². The van der Waals surface area contributed by atoms with Crippen LogP contribution in [0.1, 0.15) is 25.8 Å². The molecule has 0 amide bonds. The first-order chi connectivity index (χ1) is 8.33. The molecule has 0 aliphatic heterocycles. The Kier molecular flexibility index (Phi) is 3.68. The Morgan fingerprint density at radius 1 is 1.39 bits per heavy atom. The summed E-state index contributed by atoms with van der Waals surface area (Å²) in [5.41, 5.74) is 0.344. The highest BCUT2D eigenvalue weighted by Crippen LogP contribution is 2.23. The number of nitrogens with zero attached hydrogens (tertiary/aromatic N) is 2. The monoisotopic (exact) mass is 328 g/mol. The van der Waals surface area contributed by atoms with E-state index in [4.69, 9.17) is 4.74 Å². The number of halogens is 1. The zero-order valence-electron chi connectivity index (χ0n) is 10.4. The molecule has 4 nitrogen and oxygen atoms in total. The van der Waals surface area contributed by atoms with Gasteiger partial charge in [-0.05, 0) is 48.8 Å². The second-order valence-electron chi connectivity index (χ2n) is 4.83. The van der Waals surface area contributed by atoms with E-state index in [0.717, 1.165) is 20.0 Å². The van der Waals surface area contributed by atoms with E-state index in [0.29, 0.717) is 0 Å². The molecule has 96 valence electrons. The summed E-state index contributed by atoms with van der Waals surface area (Å²) >= 11 is 4.72. The van der Waals surface area contributed by atoms with Gasteiger partial charge >= 0.3 is 5.97 Å². The van der Waals surface area contributed by atoms with E-state index >= 15 is 0 Å². The Morgan fingerprint density at radius 3 is 2.78 bits per heavy atom. The van der Waals surface area contributed by atoms with E-state index in [1.165, 1.54) is 11.3 Å². The summed E-state index contributed by atoms with van der Waals surface area (Å²) in [4.78, 5) is 21.2. The maximum atomic E-state index is 11.7. The number of aromatic nitrogens is 2. The number of ether oxygens (including phenoxy) is 1. The molecule has 6 heteroatoms. The van der Waals surface area contributed by atoms with Gasteiger partial charge in [0.2, 0.25) is 0 Å². The quantitative estimate of drug-likeness (QED) is 0.626. The van der Waals surface area contributed by atoms with Crippen LogP contribution in [0.25, 0.3) is 10.3 Å². The summed E-state index contributed by atoms with van der Waals surface area (Å²) in [6.07, 6.45) is 0.190. The summed E-state index contributed by atoms with van der Waals surface area (Å²) in [6, 6.07) is 3.71. The van der Waals surface area contributed by atoms with E-state index < -0.39 is 5.60 Å². The van der Waals surface area contributed by atoms with Crippen molar-refractivity contribution in [3.05, 3.63) is 21.7 Å². The molecule has 0 spiro atoms. The molecule has 0 radical (unpaired) electrons. The third kappa shape index (κ3) is 3.49. The highest BCUT2D eigenvalue weighted by atomic mass is 79.9. The third-order valence-corrected chi connectivity index (χ3v) is 3.39. The van der Waals surface area contributed by atoms with Gasteiger partial charge in [0.15, 0.2) is 0 Å². The third-order valence-electron chi connectivity index (χ3n) is 1.98. The van der Waals surface area contributed by atoms with Gasteiger partial charge < -0.3 is 4.74 Å². The molecule has 0 saturated heterocycles. The van der Waals surface area contributed by atoms with Crippen LogP contribution in [-0.2, 0) is 16.0 Å². The zero-order chi connectivity index (χ0) is 13.3. The van der Waals surface area contributed by atoms with E-state index in [2.05, 4.69) is 25.9 Å². The Labute approximate surface area is 118 Å². The first-order valence-corrected chi connectivity index (χ1v) is 7.08. The summed E-state index contributed by atoms with van der Waals surface area (Å²) in [5.74, 6) is -0.263. The van der Waals surface area contributed by atoms with E-state index in [1.807, 2.05) is 32.9 Å². The highest BCUT2D eigenvalue weighted by Gasteiger charge is 2.18. The molecule has 0 saturated carbocycles. The van der Waals surface area contributed by atoms with Crippen molar-refractivity contribution >= 4 is 43.6 Å². The lowest BCUT2D eigenvalue weighted by Crippen LogP contribution is -2.24. The molecule has 2 heterocycles. The average Bonchev–Trinajstić information content (AvgIpc) is 2.55. The molecule has 2 aromatic heterocycles. The SMILES string of the molecule is CC(C)(C)OC(=O)Cc1nc2ccc(Br)nc2s1. The molecule has 0 unspecified atom stereocenters. The van der Waals surface area contributed by atoms with E-state index in [1.54, 1.807) is 0 Å². The van der Waals surface area contributed by atoms with Crippen LogP contribution < -0.4 is 0 Å². The van der Waals surface area contributed by atoms with Crippen molar-refractivity contribution in [3.8, 4) is 0 Å². The molecule has 0 aliphatic rings. The summed E-state index contributed by atoms with van der Waals surface area (Å²) < 4.78 is 6.03.